The zero-order valence-electron chi connectivity index (χ0n) is 16.8. The Bertz CT molecular complexity index is 982. The number of rotatable bonds is 7. The Morgan fingerprint density at radius 3 is 2.63 bits per heavy atom. The summed E-state index contributed by atoms with van der Waals surface area (Å²) in [6, 6.07) is 12.2. The SMILES string of the molecule is COc1ccc(C)cc1C(=O)OCC(=O)N(CCC#N)c1ccc2c(c1)OCCO2. The molecule has 8 heteroatoms. The van der Waals surface area contributed by atoms with Crippen LogP contribution in [0.15, 0.2) is 36.4 Å². The van der Waals surface area contributed by atoms with E-state index in [0.29, 0.717) is 36.1 Å². The summed E-state index contributed by atoms with van der Waals surface area (Å²) in [6.07, 6.45) is 0.125. The molecule has 1 aliphatic heterocycles. The van der Waals surface area contributed by atoms with Gasteiger partial charge in [0.15, 0.2) is 18.1 Å². The number of aryl methyl sites for hydroxylation is 1. The van der Waals surface area contributed by atoms with E-state index in [1.165, 1.54) is 12.0 Å². The van der Waals surface area contributed by atoms with Gasteiger partial charge in [-0.15, -0.1) is 0 Å². The number of methoxy groups -OCH3 is 1. The van der Waals surface area contributed by atoms with Crippen molar-refractivity contribution in [2.75, 3.05) is 38.4 Å². The van der Waals surface area contributed by atoms with E-state index < -0.39 is 18.5 Å². The van der Waals surface area contributed by atoms with E-state index in [-0.39, 0.29) is 18.5 Å². The molecule has 30 heavy (non-hydrogen) atoms. The molecule has 0 saturated heterocycles. The maximum Gasteiger partial charge on any atom is 0.342 e. The van der Waals surface area contributed by atoms with Gasteiger partial charge in [-0.3, -0.25) is 4.79 Å². The van der Waals surface area contributed by atoms with Crippen LogP contribution in [-0.4, -0.2) is 45.4 Å². The van der Waals surface area contributed by atoms with Crippen molar-refractivity contribution in [3.8, 4) is 23.3 Å². The van der Waals surface area contributed by atoms with Crippen LogP contribution in [0, 0.1) is 18.3 Å². The zero-order chi connectivity index (χ0) is 21.5. The van der Waals surface area contributed by atoms with Crippen LogP contribution in [0.3, 0.4) is 0 Å². The van der Waals surface area contributed by atoms with Crippen LogP contribution in [0.4, 0.5) is 5.69 Å². The molecule has 0 N–H and O–H groups in total. The minimum atomic E-state index is -0.661. The first kappa shape index (κ1) is 21.0. The minimum absolute atomic E-state index is 0.125. The van der Waals surface area contributed by atoms with Crippen molar-refractivity contribution in [2.45, 2.75) is 13.3 Å². The lowest BCUT2D eigenvalue weighted by Gasteiger charge is -2.24. The summed E-state index contributed by atoms with van der Waals surface area (Å²) in [7, 11) is 1.46. The lowest BCUT2D eigenvalue weighted by molar-refractivity contribution is -0.121. The summed E-state index contributed by atoms with van der Waals surface area (Å²) in [6.45, 7) is 2.39. The number of benzene rings is 2. The fraction of sp³-hybridized carbons (Fsp3) is 0.318. The Kier molecular flexibility index (Phi) is 6.75. The van der Waals surface area contributed by atoms with E-state index in [1.54, 1.807) is 30.3 Å². The van der Waals surface area contributed by atoms with Gasteiger partial charge in [0.2, 0.25) is 0 Å². The molecule has 1 heterocycles. The highest BCUT2D eigenvalue weighted by Gasteiger charge is 2.22. The Labute approximate surface area is 174 Å². The van der Waals surface area contributed by atoms with Crippen LogP contribution in [0.2, 0.25) is 0 Å². The number of hydrogen-bond acceptors (Lipinski definition) is 7. The number of esters is 1. The molecule has 0 unspecified atom stereocenters. The molecule has 1 aliphatic rings. The van der Waals surface area contributed by atoms with Gasteiger partial charge in [-0.05, 0) is 31.2 Å². The van der Waals surface area contributed by atoms with Crippen molar-refractivity contribution in [2.24, 2.45) is 0 Å². The first-order chi connectivity index (χ1) is 14.5. The number of amides is 1. The van der Waals surface area contributed by atoms with Gasteiger partial charge < -0.3 is 23.8 Å². The van der Waals surface area contributed by atoms with Gasteiger partial charge in [-0.1, -0.05) is 11.6 Å². The van der Waals surface area contributed by atoms with Crippen molar-refractivity contribution < 1.29 is 28.5 Å². The largest absolute Gasteiger partial charge is 0.496 e. The smallest absolute Gasteiger partial charge is 0.342 e. The summed E-state index contributed by atoms with van der Waals surface area (Å²) in [5.74, 6) is 0.366. The number of hydrogen-bond donors (Lipinski definition) is 0. The monoisotopic (exact) mass is 410 g/mol. The van der Waals surface area contributed by atoms with E-state index in [2.05, 4.69) is 0 Å². The first-order valence-electron chi connectivity index (χ1n) is 9.42. The Hall–Kier alpha value is -3.73. The molecule has 8 nitrogen and oxygen atoms in total. The second-order valence-electron chi connectivity index (χ2n) is 6.56. The lowest BCUT2D eigenvalue weighted by atomic mass is 10.1. The number of anilines is 1. The van der Waals surface area contributed by atoms with Crippen molar-refractivity contribution in [3.05, 3.63) is 47.5 Å². The molecule has 0 spiro atoms. The number of fused-ring (bicyclic) bond motifs is 1. The molecule has 0 aliphatic carbocycles. The predicted octanol–water partition coefficient (Wildman–Crippen LogP) is 2.88. The summed E-state index contributed by atoms with van der Waals surface area (Å²) in [5, 5.41) is 8.95. The average molecular weight is 410 g/mol. The third kappa shape index (κ3) is 4.81. The number of carbonyl (C=O) groups is 2. The number of nitrogens with zero attached hydrogens (tertiary/aromatic N) is 2. The van der Waals surface area contributed by atoms with Crippen LogP contribution in [0.5, 0.6) is 17.2 Å². The third-order valence-corrected chi connectivity index (χ3v) is 4.49. The number of carbonyl (C=O) groups excluding carboxylic acids is 2. The fourth-order valence-corrected chi connectivity index (χ4v) is 3.02. The topological polar surface area (TPSA) is 98.1 Å². The van der Waals surface area contributed by atoms with Gasteiger partial charge in [0.1, 0.15) is 24.5 Å². The van der Waals surface area contributed by atoms with E-state index in [4.69, 9.17) is 24.2 Å². The molecule has 0 radical (unpaired) electrons. The highest BCUT2D eigenvalue weighted by Crippen LogP contribution is 2.34. The molecule has 1 amide bonds. The minimum Gasteiger partial charge on any atom is -0.496 e. The molecular formula is C22H22N2O6. The van der Waals surface area contributed by atoms with Gasteiger partial charge in [0.05, 0.1) is 19.6 Å². The van der Waals surface area contributed by atoms with Gasteiger partial charge in [0.25, 0.3) is 5.91 Å². The van der Waals surface area contributed by atoms with Gasteiger partial charge in [0, 0.05) is 18.3 Å². The molecular weight excluding hydrogens is 388 g/mol. The maximum absolute atomic E-state index is 12.8. The highest BCUT2D eigenvalue weighted by molar-refractivity contribution is 5.98. The van der Waals surface area contributed by atoms with Crippen LogP contribution in [0.25, 0.3) is 0 Å². The normalized spacial score (nSPS) is 11.9. The van der Waals surface area contributed by atoms with Gasteiger partial charge in [-0.2, -0.15) is 5.26 Å². The quantitative estimate of drug-likeness (QED) is 0.647. The third-order valence-electron chi connectivity index (χ3n) is 4.49. The van der Waals surface area contributed by atoms with Gasteiger partial charge >= 0.3 is 5.97 Å². The predicted molar refractivity (Wildman–Crippen MR) is 108 cm³/mol. The molecule has 2 aromatic rings. The molecule has 3 rings (SSSR count). The van der Waals surface area contributed by atoms with Crippen LogP contribution < -0.4 is 19.1 Å². The average Bonchev–Trinajstić information content (AvgIpc) is 2.77. The molecule has 0 fully saturated rings. The zero-order valence-corrected chi connectivity index (χ0v) is 16.8. The Balaban J connectivity index is 1.74. The van der Waals surface area contributed by atoms with Crippen molar-refractivity contribution in [1.29, 1.82) is 5.26 Å². The first-order valence-corrected chi connectivity index (χ1v) is 9.42. The van der Waals surface area contributed by atoms with Crippen molar-refractivity contribution >= 4 is 17.6 Å². The molecule has 0 saturated carbocycles. The molecule has 2 aromatic carbocycles. The second-order valence-corrected chi connectivity index (χ2v) is 6.56. The standard InChI is InChI=1S/C22H22N2O6/c1-15-4-6-18(27-2)17(12-15)22(26)30-14-21(25)24(9-3-8-23)16-5-7-19-20(13-16)29-11-10-28-19/h4-7,12-13H,3,9-11,14H2,1-2H3. The second kappa shape index (κ2) is 9.65. The lowest BCUT2D eigenvalue weighted by Crippen LogP contribution is -2.35. The number of ether oxygens (including phenoxy) is 4. The van der Waals surface area contributed by atoms with Crippen LogP contribution in [0.1, 0.15) is 22.3 Å². The van der Waals surface area contributed by atoms with Crippen LogP contribution >= 0.6 is 0 Å². The van der Waals surface area contributed by atoms with E-state index >= 15 is 0 Å². The maximum atomic E-state index is 12.8. The summed E-state index contributed by atoms with van der Waals surface area (Å²) >= 11 is 0. The fourth-order valence-electron chi connectivity index (χ4n) is 3.02. The summed E-state index contributed by atoms with van der Waals surface area (Å²) in [4.78, 5) is 26.7. The van der Waals surface area contributed by atoms with Crippen molar-refractivity contribution in [3.63, 3.8) is 0 Å². The van der Waals surface area contributed by atoms with E-state index in [9.17, 15) is 9.59 Å². The van der Waals surface area contributed by atoms with E-state index in [0.717, 1.165) is 5.56 Å². The Morgan fingerprint density at radius 2 is 1.90 bits per heavy atom. The molecule has 0 atom stereocenters. The van der Waals surface area contributed by atoms with Crippen LogP contribution in [-0.2, 0) is 9.53 Å². The van der Waals surface area contributed by atoms with E-state index in [1.807, 2.05) is 19.1 Å². The summed E-state index contributed by atoms with van der Waals surface area (Å²) in [5.41, 5.74) is 1.64. The number of nitriles is 1. The Morgan fingerprint density at radius 1 is 1.13 bits per heavy atom. The van der Waals surface area contributed by atoms with Crippen molar-refractivity contribution in [1.82, 2.24) is 0 Å². The highest BCUT2D eigenvalue weighted by atomic mass is 16.6. The molecule has 0 aromatic heterocycles. The molecule has 156 valence electrons. The van der Waals surface area contributed by atoms with Gasteiger partial charge in [-0.25, -0.2) is 4.79 Å². The molecule has 0 bridgehead atoms. The summed E-state index contributed by atoms with van der Waals surface area (Å²) < 4.78 is 21.5.